The number of hydrogen-bond acceptors (Lipinski definition) is 5. The minimum absolute atomic E-state index is 0.0541. The molecule has 1 atom stereocenters. The molecule has 0 N–H and O–H groups in total. The number of rotatable bonds is 6. The molecule has 2 aromatic rings. The van der Waals surface area contributed by atoms with E-state index >= 15 is 0 Å². The lowest BCUT2D eigenvalue weighted by Gasteiger charge is -2.30. The molecule has 1 aliphatic heterocycles. The third-order valence-electron chi connectivity index (χ3n) is 4.27. The maximum atomic E-state index is 12.5. The van der Waals surface area contributed by atoms with Crippen molar-refractivity contribution in [1.29, 1.82) is 0 Å². The monoisotopic (exact) mass is 402 g/mol. The zero-order valence-electron chi connectivity index (χ0n) is 15.2. The molecule has 0 saturated heterocycles. The van der Waals surface area contributed by atoms with Crippen molar-refractivity contribution in [3.05, 3.63) is 69.2 Å². The summed E-state index contributed by atoms with van der Waals surface area (Å²) in [6, 6.07) is 11.8. The van der Waals surface area contributed by atoms with Crippen molar-refractivity contribution < 1.29 is 19.2 Å². The number of ether oxygens (including phenoxy) is 2. The van der Waals surface area contributed by atoms with Gasteiger partial charge in [-0.05, 0) is 36.8 Å². The highest BCUT2D eigenvalue weighted by atomic mass is 35.5. The van der Waals surface area contributed by atoms with Crippen LogP contribution in [-0.4, -0.2) is 41.5 Å². The zero-order chi connectivity index (χ0) is 20.1. The fraction of sp³-hybridized carbons (Fsp3) is 0.250. The third-order valence-corrected chi connectivity index (χ3v) is 4.59. The largest absolute Gasteiger partial charge is 0.486 e. The van der Waals surface area contributed by atoms with Gasteiger partial charge in [-0.2, -0.15) is 0 Å². The molecule has 0 radical (unpaired) electrons. The lowest BCUT2D eigenvalue weighted by Crippen LogP contribution is -2.43. The van der Waals surface area contributed by atoms with Crippen molar-refractivity contribution in [3.63, 3.8) is 0 Å². The number of halogens is 1. The molecule has 146 valence electrons. The van der Waals surface area contributed by atoms with E-state index in [-0.39, 0.29) is 22.7 Å². The van der Waals surface area contributed by atoms with E-state index in [1.54, 1.807) is 11.0 Å². The van der Waals surface area contributed by atoms with E-state index in [1.165, 1.54) is 24.3 Å². The average Bonchev–Trinajstić information content (AvgIpc) is 2.70. The van der Waals surface area contributed by atoms with Crippen LogP contribution in [0.2, 0.25) is 5.02 Å². The van der Waals surface area contributed by atoms with E-state index in [4.69, 9.17) is 21.1 Å². The molecule has 7 nitrogen and oxygen atoms in total. The molecular weight excluding hydrogens is 384 g/mol. The number of hydrogen-bond donors (Lipinski definition) is 0. The minimum Gasteiger partial charge on any atom is -0.486 e. The molecule has 0 spiro atoms. The number of carbonyl (C=O) groups is 1. The van der Waals surface area contributed by atoms with Crippen LogP contribution in [0.4, 0.5) is 5.69 Å². The Balaban J connectivity index is 1.65. The van der Waals surface area contributed by atoms with Gasteiger partial charge in [0, 0.05) is 18.7 Å². The molecule has 28 heavy (non-hydrogen) atoms. The van der Waals surface area contributed by atoms with E-state index < -0.39 is 4.92 Å². The Bertz CT molecular complexity index is 915. The second-order valence-corrected chi connectivity index (χ2v) is 6.58. The van der Waals surface area contributed by atoms with Crippen LogP contribution >= 0.6 is 11.6 Å². The van der Waals surface area contributed by atoms with E-state index in [0.717, 1.165) is 0 Å². The van der Waals surface area contributed by atoms with Gasteiger partial charge >= 0.3 is 0 Å². The molecule has 1 amide bonds. The topological polar surface area (TPSA) is 81.9 Å². The van der Waals surface area contributed by atoms with Crippen LogP contribution in [0.1, 0.15) is 12.5 Å². The molecule has 2 aromatic carbocycles. The summed E-state index contributed by atoms with van der Waals surface area (Å²) in [4.78, 5) is 24.6. The number of para-hydroxylation sites is 2. The first-order valence-electron chi connectivity index (χ1n) is 8.77. The molecule has 8 heteroatoms. The van der Waals surface area contributed by atoms with Crippen molar-refractivity contribution >= 4 is 29.3 Å². The van der Waals surface area contributed by atoms with Crippen molar-refractivity contribution in [2.75, 3.05) is 19.7 Å². The highest BCUT2D eigenvalue weighted by Gasteiger charge is 2.24. The molecule has 1 aliphatic rings. The van der Waals surface area contributed by atoms with Gasteiger partial charge in [0.2, 0.25) is 5.91 Å². The fourth-order valence-electron chi connectivity index (χ4n) is 2.82. The number of carbonyl (C=O) groups excluding carboxylic acids is 1. The number of nitrogens with zero attached hydrogens (tertiary/aromatic N) is 2. The first-order valence-corrected chi connectivity index (χ1v) is 9.15. The maximum absolute atomic E-state index is 12.5. The quantitative estimate of drug-likeness (QED) is 0.415. The van der Waals surface area contributed by atoms with Gasteiger partial charge in [0.25, 0.3) is 5.69 Å². The van der Waals surface area contributed by atoms with Crippen LogP contribution in [-0.2, 0) is 4.79 Å². The van der Waals surface area contributed by atoms with Gasteiger partial charge in [-0.15, -0.1) is 0 Å². The number of nitro benzene ring substituents is 1. The summed E-state index contributed by atoms with van der Waals surface area (Å²) in [6.45, 7) is 3.09. The molecule has 1 unspecified atom stereocenters. The Labute approximate surface area is 167 Å². The fourth-order valence-corrected chi connectivity index (χ4v) is 3.01. The number of benzene rings is 2. The molecule has 0 bridgehead atoms. The van der Waals surface area contributed by atoms with Crippen molar-refractivity contribution in [1.82, 2.24) is 4.90 Å². The molecule has 1 heterocycles. The smallest absolute Gasteiger partial charge is 0.288 e. The summed E-state index contributed by atoms with van der Waals surface area (Å²) in [5.74, 6) is 1.13. The highest BCUT2D eigenvalue weighted by Crippen LogP contribution is 2.31. The van der Waals surface area contributed by atoms with Crippen molar-refractivity contribution in [2.24, 2.45) is 0 Å². The normalized spacial score (nSPS) is 15.4. The number of likely N-dealkylation sites (N-methyl/N-ethyl adjacent to an activating group) is 1. The number of nitro groups is 1. The summed E-state index contributed by atoms with van der Waals surface area (Å²) in [6.07, 6.45) is 2.64. The summed E-state index contributed by atoms with van der Waals surface area (Å²) in [5.41, 5.74) is 0.321. The van der Waals surface area contributed by atoms with Gasteiger partial charge in [-0.1, -0.05) is 29.8 Å². The molecule has 0 saturated carbocycles. The Morgan fingerprint density at radius 2 is 2.07 bits per heavy atom. The van der Waals surface area contributed by atoms with E-state index in [2.05, 4.69) is 0 Å². The highest BCUT2D eigenvalue weighted by molar-refractivity contribution is 6.32. The molecular formula is C20H19ClN2O5. The second-order valence-electron chi connectivity index (χ2n) is 6.18. The standard InChI is InChI=1S/C20H19ClN2O5/c1-2-22(12-15-13-27-18-5-3-4-6-19(18)28-15)20(24)10-8-14-7-9-16(21)17(11-14)23(25)26/h3-11,15H,2,12-13H2,1H3/b10-8+. The molecule has 0 fully saturated rings. The Morgan fingerprint density at radius 1 is 1.32 bits per heavy atom. The average molecular weight is 403 g/mol. The van der Waals surface area contributed by atoms with Crippen LogP contribution < -0.4 is 9.47 Å². The van der Waals surface area contributed by atoms with Crippen LogP contribution in [0.3, 0.4) is 0 Å². The summed E-state index contributed by atoms with van der Waals surface area (Å²) < 4.78 is 11.6. The SMILES string of the molecule is CCN(CC1COc2ccccc2O1)C(=O)/C=C/c1ccc(Cl)c([N+](=O)[O-])c1. The molecule has 0 aromatic heterocycles. The minimum atomic E-state index is -0.557. The first-order chi connectivity index (χ1) is 13.5. The van der Waals surface area contributed by atoms with Gasteiger partial charge in [-0.3, -0.25) is 14.9 Å². The van der Waals surface area contributed by atoms with Crippen molar-refractivity contribution in [2.45, 2.75) is 13.0 Å². The Morgan fingerprint density at radius 3 is 2.79 bits per heavy atom. The molecule has 3 rings (SSSR count). The Kier molecular flexibility index (Phi) is 6.16. The zero-order valence-corrected chi connectivity index (χ0v) is 16.0. The van der Waals surface area contributed by atoms with Gasteiger partial charge in [0.05, 0.1) is 11.5 Å². The van der Waals surface area contributed by atoms with Gasteiger partial charge in [-0.25, -0.2) is 0 Å². The predicted octanol–water partition coefficient (Wildman–Crippen LogP) is 3.95. The number of amides is 1. The lowest BCUT2D eigenvalue weighted by atomic mass is 10.2. The summed E-state index contributed by atoms with van der Waals surface area (Å²) in [5, 5.41) is 11.0. The van der Waals surface area contributed by atoms with E-state index in [0.29, 0.717) is 36.8 Å². The lowest BCUT2D eigenvalue weighted by molar-refractivity contribution is -0.384. The van der Waals surface area contributed by atoms with E-state index in [1.807, 2.05) is 31.2 Å². The summed E-state index contributed by atoms with van der Waals surface area (Å²) in [7, 11) is 0. The van der Waals surface area contributed by atoms with Crippen LogP contribution in [0.5, 0.6) is 11.5 Å². The van der Waals surface area contributed by atoms with Gasteiger partial charge in [0.1, 0.15) is 11.6 Å². The Hall–Kier alpha value is -3.06. The number of fused-ring (bicyclic) bond motifs is 1. The van der Waals surface area contributed by atoms with Gasteiger partial charge in [0.15, 0.2) is 17.6 Å². The van der Waals surface area contributed by atoms with Crippen LogP contribution in [0.15, 0.2) is 48.5 Å². The van der Waals surface area contributed by atoms with Gasteiger partial charge < -0.3 is 14.4 Å². The maximum Gasteiger partial charge on any atom is 0.288 e. The van der Waals surface area contributed by atoms with Crippen LogP contribution in [0.25, 0.3) is 6.08 Å². The summed E-state index contributed by atoms with van der Waals surface area (Å²) >= 11 is 5.80. The van der Waals surface area contributed by atoms with Crippen molar-refractivity contribution in [3.8, 4) is 11.5 Å². The molecule has 0 aliphatic carbocycles. The first kappa shape index (κ1) is 19.7. The van der Waals surface area contributed by atoms with Crippen LogP contribution in [0, 0.1) is 10.1 Å². The van der Waals surface area contributed by atoms with E-state index in [9.17, 15) is 14.9 Å². The second kappa shape index (κ2) is 8.75. The third kappa shape index (κ3) is 4.61. The predicted molar refractivity (Wildman–Crippen MR) is 106 cm³/mol.